The molecule has 2 bridgehead atoms. The van der Waals surface area contributed by atoms with Gasteiger partial charge in [0.05, 0.1) is 12.7 Å². The first-order chi connectivity index (χ1) is 19.9. The van der Waals surface area contributed by atoms with Crippen LogP contribution in [0, 0.1) is 0 Å². The molecule has 0 aromatic carbocycles. The molecule has 1 aliphatic carbocycles. The quantitative estimate of drug-likeness (QED) is 0.484. The lowest BCUT2D eigenvalue weighted by atomic mass is 9.98. The maximum Gasteiger partial charge on any atom is 0.410 e. The summed E-state index contributed by atoms with van der Waals surface area (Å²) in [4.78, 5) is 38.1. The summed E-state index contributed by atoms with van der Waals surface area (Å²) in [6, 6.07) is 0.507. The molecule has 4 aliphatic heterocycles. The molecule has 0 radical (unpaired) electrons. The average molecular weight is 569 g/mol. The first-order valence-corrected chi connectivity index (χ1v) is 14.9. The number of fused-ring (bicyclic) bond motifs is 3. The Kier molecular flexibility index (Phi) is 6.92. The van der Waals surface area contributed by atoms with E-state index in [1.54, 1.807) is 0 Å². The van der Waals surface area contributed by atoms with Crippen LogP contribution in [-0.2, 0) is 14.3 Å². The van der Waals surface area contributed by atoms with E-state index in [1.807, 2.05) is 15.6 Å². The van der Waals surface area contributed by atoms with E-state index in [4.69, 9.17) is 19.4 Å². The second kappa shape index (κ2) is 10.7. The van der Waals surface area contributed by atoms with E-state index in [-0.39, 0.29) is 36.8 Å². The zero-order chi connectivity index (χ0) is 28.1. The van der Waals surface area contributed by atoms with Crippen molar-refractivity contribution in [3.05, 3.63) is 24.2 Å². The van der Waals surface area contributed by atoms with Crippen LogP contribution in [0.2, 0.25) is 0 Å². The molecule has 0 spiro atoms. The molecular weight excluding hydrogens is 531 g/mol. The first-order valence-electron chi connectivity index (χ1n) is 14.9. The molecule has 7 rings (SSSR count). The first kappa shape index (κ1) is 26.4. The SMILES string of the molecule is C=C(F)C(=O)N1CCC(OC(=O)N2C3CCC2CC(Nc2nc(NC4CCOCC4)nc4c(C5CC5)cnn24)C3)C1. The van der Waals surface area contributed by atoms with Crippen LogP contribution in [0.15, 0.2) is 18.6 Å². The predicted octanol–water partition coefficient (Wildman–Crippen LogP) is 3.22. The van der Waals surface area contributed by atoms with E-state index < -0.39 is 17.8 Å². The highest BCUT2D eigenvalue weighted by atomic mass is 19.1. The van der Waals surface area contributed by atoms with Crippen LogP contribution in [0.3, 0.4) is 0 Å². The number of hydrogen-bond donors (Lipinski definition) is 2. The molecule has 13 heteroatoms. The fourth-order valence-electron chi connectivity index (χ4n) is 6.92. The molecule has 2 N–H and O–H groups in total. The Morgan fingerprint density at radius 2 is 1.76 bits per heavy atom. The minimum atomic E-state index is -0.990. The highest BCUT2D eigenvalue weighted by Crippen LogP contribution is 2.42. The van der Waals surface area contributed by atoms with E-state index in [9.17, 15) is 14.0 Å². The number of amides is 2. The van der Waals surface area contributed by atoms with Gasteiger partial charge in [0.1, 0.15) is 6.10 Å². The fourth-order valence-corrected chi connectivity index (χ4v) is 6.92. The molecule has 3 unspecified atom stereocenters. The van der Waals surface area contributed by atoms with Crippen LogP contribution < -0.4 is 10.6 Å². The van der Waals surface area contributed by atoms with Gasteiger partial charge >= 0.3 is 6.09 Å². The molecule has 220 valence electrons. The summed E-state index contributed by atoms with van der Waals surface area (Å²) in [5, 5.41) is 11.8. The summed E-state index contributed by atoms with van der Waals surface area (Å²) in [6.45, 7) is 5.10. The van der Waals surface area contributed by atoms with Crippen molar-refractivity contribution in [3.8, 4) is 0 Å². The molecule has 5 fully saturated rings. The number of rotatable bonds is 7. The summed E-state index contributed by atoms with van der Waals surface area (Å²) in [5.74, 6) is 0.0655. The highest BCUT2D eigenvalue weighted by Gasteiger charge is 2.45. The van der Waals surface area contributed by atoms with Gasteiger partial charge in [-0.25, -0.2) is 9.18 Å². The minimum Gasteiger partial charge on any atom is -0.444 e. The van der Waals surface area contributed by atoms with Crippen molar-refractivity contribution in [3.63, 3.8) is 0 Å². The maximum atomic E-state index is 13.3. The van der Waals surface area contributed by atoms with E-state index in [0.717, 1.165) is 70.2 Å². The third-order valence-corrected chi connectivity index (χ3v) is 9.18. The molecule has 41 heavy (non-hydrogen) atoms. The Balaban J connectivity index is 1.03. The van der Waals surface area contributed by atoms with Gasteiger partial charge in [-0.05, 0) is 57.3 Å². The molecule has 2 aromatic heterocycles. The summed E-state index contributed by atoms with van der Waals surface area (Å²) >= 11 is 0. The monoisotopic (exact) mass is 568 g/mol. The van der Waals surface area contributed by atoms with Crippen LogP contribution in [0.25, 0.3) is 5.65 Å². The number of carbonyl (C=O) groups is 2. The lowest BCUT2D eigenvalue weighted by Gasteiger charge is -2.39. The highest BCUT2D eigenvalue weighted by molar-refractivity contribution is 5.90. The number of nitrogens with zero attached hydrogens (tertiary/aromatic N) is 6. The fraction of sp³-hybridized carbons (Fsp3) is 0.679. The van der Waals surface area contributed by atoms with Crippen LogP contribution in [-0.4, -0.2) is 98.0 Å². The zero-order valence-electron chi connectivity index (χ0n) is 23.1. The number of anilines is 2. The maximum absolute atomic E-state index is 13.3. The third-order valence-electron chi connectivity index (χ3n) is 9.18. The Bertz CT molecular complexity index is 1330. The lowest BCUT2D eigenvalue weighted by molar-refractivity contribution is -0.128. The Morgan fingerprint density at radius 3 is 2.46 bits per heavy atom. The molecule has 2 amide bonds. The number of aromatic nitrogens is 4. The number of piperidine rings is 1. The molecule has 12 nitrogen and oxygen atoms in total. The number of nitrogens with one attached hydrogen (secondary N) is 2. The molecule has 3 atom stereocenters. The Morgan fingerprint density at radius 1 is 1.00 bits per heavy atom. The largest absolute Gasteiger partial charge is 0.444 e. The average Bonchev–Trinajstić information content (AvgIpc) is 3.42. The van der Waals surface area contributed by atoms with Crippen LogP contribution >= 0.6 is 0 Å². The second-order valence-electron chi connectivity index (χ2n) is 12.1. The van der Waals surface area contributed by atoms with Crippen LogP contribution in [0.5, 0.6) is 0 Å². The van der Waals surface area contributed by atoms with Crippen molar-refractivity contribution in [1.82, 2.24) is 29.4 Å². The third kappa shape index (κ3) is 5.31. The number of hydrogen-bond acceptors (Lipinski definition) is 9. The summed E-state index contributed by atoms with van der Waals surface area (Å²) in [5.41, 5.74) is 2.02. The molecule has 2 aromatic rings. The Hall–Kier alpha value is -3.48. The van der Waals surface area contributed by atoms with Crippen molar-refractivity contribution >= 4 is 29.5 Å². The molecule has 1 saturated carbocycles. The minimum absolute atomic E-state index is 0.0558. The van der Waals surface area contributed by atoms with Crippen molar-refractivity contribution < 1.29 is 23.5 Å². The summed E-state index contributed by atoms with van der Waals surface area (Å²) < 4.78 is 26.4. The lowest BCUT2D eigenvalue weighted by Crippen LogP contribution is -2.50. The van der Waals surface area contributed by atoms with Gasteiger partial charge < -0.3 is 29.9 Å². The molecule has 5 aliphatic rings. The Labute approximate surface area is 237 Å². The van der Waals surface area contributed by atoms with Gasteiger partial charge in [-0.2, -0.15) is 19.6 Å². The van der Waals surface area contributed by atoms with E-state index in [2.05, 4.69) is 22.3 Å². The number of halogens is 1. The van der Waals surface area contributed by atoms with Crippen LogP contribution in [0.1, 0.15) is 69.3 Å². The second-order valence-corrected chi connectivity index (χ2v) is 12.1. The summed E-state index contributed by atoms with van der Waals surface area (Å²) in [6.07, 6.45) is 9.18. The standard InChI is InChI=1S/C28H37FN8O4/c1-16(29)25(38)35-9-6-22(15-35)41-28(39)36-20-4-5-21(36)13-19(12-20)32-27-34-26(31-18-7-10-40-11-8-18)33-24-23(17-2-3-17)14-30-37(24)27/h14,17-22H,1-13,15H2,(H2,31,32,33,34). The number of likely N-dealkylation sites (tertiary alicyclic amines) is 1. The molecule has 4 saturated heterocycles. The van der Waals surface area contributed by atoms with Gasteiger partial charge in [0.25, 0.3) is 5.91 Å². The molecular formula is C28H37FN8O4. The van der Waals surface area contributed by atoms with E-state index >= 15 is 0 Å². The number of carbonyl (C=O) groups excluding carboxylic acids is 2. The van der Waals surface area contributed by atoms with Gasteiger partial charge in [0.2, 0.25) is 11.9 Å². The predicted molar refractivity (Wildman–Crippen MR) is 147 cm³/mol. The van der Waals surface area contributed by atoms with Crippen molar-refractivity contribution in [2.45, 2.75) is 94.0 Å². The topological polar surface area (TPSA) is 126 Å². The molecule has 6 heterocycles. The van der Waals surface area contributed by atoms with E-state index in [1.165, 1.54) is 10.5 Å². The van der Waals surface area contributed by atoms with Gasteiger partial charge in [0.15, 0.2) is 11.5 Å². The van der Waals surface area contributed by atoms with E-state index in [0.29, 0.717) is 30.8 Å². The van der Waals surface area contributed by atoms with Crippen molar-refractivity contribution in [2.24, 2.45) is 0 Å². The van der Waals surface area contributed by atoms with Gasteiger partial charge in [0, 0.05) is 55.9 Å². The van der Waals surface area contributed by atoms with Gasteiger partial charge in [-0.1, -0.05) is 6.58 Å². The van der Waals surface area contributed by atoms with Crippen molar-refractivity contribution in [2.75, 3.05) is 36.9 Å². The van der Waals surface area contributed by atoms with Gasteiger partial charge in [-0.3, -0.25) is 4.79 Å². The smallest absolute Gasteiger partial charge is 0.410 e. The van der Waals surface area contributed by atoms with Gasteiger partial charge in [-0.15, -0.1) is 0 Å². The zero-order valence-corrected chi connectivity index (χ0v) is 23.1. The summed E-state index contributed by atoms with van der Waals surface area (Å²) in [7, 11) is 0. The normalized spacial score (nSPS) is 28.2. The van der Waals surface area contributed by atoms with Crippen LogP contribution in [0.4, 0.5) is 21.1 Å². The number of ether oxygens (including phenoxy) is 2. The van der Waals surface area contributed by atoms with Crippen molar-refractivity contribution in [1.29, 1.82) is 0 Å².